The zero-order valence-electron chi connectivity index (χ0n) is 15.6. The van der Waals surface area contributed by atoms with Gasteiger partial charge in [-0.3, -0.25) is 4.90 Å². The highest BCUT2D eigenvalue weighted by atomic mass is 16.6. The molecule has 0 aromatic heterocycles. The average Bonchev–Trinajstić information content (AvgIpc) is 3.28. The van der Waals surface area contributed by atoms with Gasteiger partial charge < -0.3 is 19.9 Å². The smallest absolute Gasteiger partial charge is 0.343 e. The number of carbonyl (C=O) groups excluding carboxylic acids is 1. The molecule has 0 radical (unpaired) electrons. The summed E-state index contributed by atoms with van der Waals surface area (Å²) in [6.45, 7) is 3.78. The number of hydrogen-bond donors (Lipinski definition) is 2. The van der Waals surface area contributed by atoms with Crippen LogP contribution in [0.4, 0.5) is 5.69 Å². The minimum absolute atomic E-state index is 0.0754. The summed E-state index contributed by atoms with van der Waals surface area (Å²) in [5.74, 6) is -0.496. The van der Waals surface area contributed by atoms with Gasteiger partial charge in [-0.2, -0.15) is 0 Å². The summed E-state index contributed by atoms with van der Waals surface area (Å²) in [4.78, 5) is 15.6. The molecule has 0 amide bonds. The van der Waals surface area contributed by atoms with E-state index in [0.29, 0.717) is 6.42 Å². The summed E-state index contributed by atoms with van der Waals surface area (Å²) in [7, 11) is 1.37. The number of carbonyl (C=O) groups is 1. The van der Waals surface area contributed by atoms with Gasteiger partial charge in [0.25, 0.3) is 0 Å². The second kappa shape index (κ2) is 4.57. The van der Waals surface area contributed by atoms with E-state index in [-0.39, 0.29) is 17.6 Å². The first-order chi connectivity index (χ1) is 13.0. The van der Waals surface area contributed by atoms with Gasteiger partial charge in [-0.15, -0.1) is 0 Å². The summed E-state index contributed by atoms with van der Waals surface area (Å²) in [6.07, 6.45) is 5.44. The Morgan fingerprint density at radius 1 is 1.41 bits per heavy atom. The van der Waals surface area contributed by atoms with Crippen molar-refractivity contribution in [2.24, 2.45) is 5.41 Å². The van der Waals surface area contributed by atoms with Crippen LogP contribution in [0.5, 0.6) is 0 Å². The molecule has 6 heteroatoms. The normalized spacial score (nSPS) is 48.6. The number of anilines is 1. The molecule has 6 rings (SSSR count). The van der Waals surface area contributed by atoms with Gasteiger partial charge in [0.05, 0.1) is 18.6 Å². The van der Waals surface area contributed by atoms with Crippen molar-refractivity contribution in [3.05, 3.63) is 42.0 Å². The number of hydrogen-bond acceptors (Lipinski definition) is 6. The van der Waals surface area contributed by atoms with Crippen LogP contribution in [0.15, 0.2) is 36.4 Å². The Balaban J connectivity index is 1.72. The molecule has 4 aliphatic heterocycles. The first kappa shape index (κ1) is 16.1. The van der Waals surface area contributed by atoms with Crippen LogP contribution in [0, 0.1) is 5.41 Å². The maximum absolute atomic E-state index is 13.1. The Morgan fingerprint density at radius 2 is 2.22 bits per heavy atom. The number of nitrogens with one attached hydrogen (secondary N) is 1. The van der Waals surface area contributed by atoms with Crippen LogP contribution >= 0.6 is 0 Å². The van der Waals surface area contributed by atoms with Crippen molar-refractivity contribution in [1.82, 2.24) is 4.90 Å². The van der Waals surface area contributed by atoms with E-state index < -0.39 is 22.7 Å². The van der Waals surface area contributed by atoms with E-state index in [9.17, 15) is 9.90 Å². The fourth-order valence-corrected chi connectivity index (χ4v) is 7.18. The second-order valence-electron chi connectivity index (χ2n) is 8.77. The lowest BCUT2D eigenvalue weighted by atomic mass is 9.49. The number of benzene rings is 1. The third kappa shape index (κ3) is 1.39. The largest absolute Gasteiger partial charge is 0.467 e. The minimum Gasteiger partial charge on any atom is -0.467 e. The van der Waals surface area contributed by atoms with Crippen molar-refractivity contribution < 1.29 is 19.4 Å². The Bertz CT molecular complexity index is 902. The summed E-state index contributed by atoms with van der Waals surface area (Å²) >= 11 is 0. The van der Waals surface area contributed by atoms with Crippen molar-refractivity contribution >= 4 is 11.7 Å². The number of methoxy groups -OCH3 is 1. The molecule has 2 bridgehead atoms. The molecule has 3 fully saturated rings. The van der Waals surface area contributed by atoms with Gasteiger partial charge in [-0.1, -0.05) is 30.4 Å². The van der Waals surface area contributed by atoms with Crippen LogP contribution in [-0.2, 0) is 19.7 Å². The fraction of sp³-hybridized carbons (Fsp3) is 0.571. The number of esters is 1. The summed E-state index contributed by atoms with van der Waals surface area (Å²) in [6, 6.07) is 8.12. The van der Waals surface area contributed by atoms with E-state index in [1.54, 1.807) is 0 Å². The Kier molecular flexibility index (Phi) is 2.72. The van der Waals surface area contributed by atoms with Crippen molar-refractivity contribution in [3.63, 3.8) is 0 Å². The van der Waals surface area contributed by atoms with E-state index in [4.69, 9.17) is 9.47 Å². The van der Waals surface area contributed by atoms with Crippen LogP contribution in [0.3, 0.4) is 0 Å². The zero-order chi connectivity index (χ0) is 18.7. The van der Waals surface area contributed by atoms with Gasteiger partial charge in [0, 0.05) is 30.1 Å². The Labute approximate surface area is 158 Å². The first-order valence-electron chi connectivity index (χ1n) is 9.73. The standard InChI is InChI=1S/C21H24N2O4/c1-13-18-8-5-10-23-11-9-19(16(18)23)14-6-3-4-7-15(14)22-21(19,25)20(12-18,27-13)17(24)26-2/h3-8,13,16,22,25H,9-12H2,1-2H3/t13-,16-,18+,19+,20+,21-/m0/s1. The summed E-state index contributed by atoms with van der Waals surface area (Å²) in [5, 5.41) is 15.7. The molecule has 6 nitrogen and oxygen atoms in total. The minimum atomic E-state index is -1.55. The van der Waals surface area contributed by atoms with Gasteiger partial charge in [0.1, 0.15) is 0 Å². The van der Waals surface area contributed by atoms with Crippen LogP contribution < -0.4 is 5.32 Å². The maximum Gasteiger partial charge on any atom is 0.343 e. The third-order valence-electron chi connectivity index (χ3n) is 8.06. The predicted octanol–water partition coefficient (Wildman–Crippen LogP) is 1.40. The van der Waals surface area contributed by atoms with Crippen molar-refractivity contribution in [2.45, 2.75) is 48.7 Å². The van der Waals surface area contributed by atoms with Crippen molar-refractivity contribution in [2.75, 3.05) is 25.5 Å². The van der Waals surface area contributed by atoms with Crippen LogP contribution in [0.25, 0.3) is 0 Å². The molecule has 1 aromatic rings. The highest BCUT2D eigenvalue weighted by Crippen LogP contribution is 2.72. The molecule has 1 saturated carbocycles. The third-order valence-corrected chi connectivity index (χ3v) is 8.06. The zero-order valence-corrected chi connectivity index (χ0v) is 15.6. The molecule has 2 N–H and O–H groups in total. The molecule has 0 unspecified atom stereocenters. The van der Waals surface area contributed by atoms with E-state index >= 15 is 0 Å². The number of aliphatic hydroxyl groups is 1. The highest BCUT2D eigenvalue weighted by molar-refractivity contribution is 5.87. The Hall–Kier alpha value is -1.89. The number of ether oxygens (including phenoxy) is 2. The second-order valence-corrected chi connectivity index (χ2v) is 8.77. The molecule has 5 aliphatic rings. The highest BCUT2D eigenvalue weighted by Gasteiger charge is 2.86. The Morgan fingerprint density at radius 3 is 3.04 bits per heavy atom. The molecule has 1 aromatic carbocycles. The van der Waals surface area contributed by atoms with Crippen LogP contribution in [0.2, 0.25) is 0 Å². The van der Waals surface area contributed by atoms with Gasteiger partial charge >= 0.3 is 5.97 Å². The molecular weight excluding hydrogens is 344 g/mol. The fourth-order valence-electron chi connectivity index (χ4n) is 7.18. The van der Waals surface area contributed by atoms with E-state index in [1.165, 1.54) is 7.11 Å². The van der Waals surface area contributed by atoms with Crippen LogP contribution in [0.1, 0.15) is 25.3 Å². The number of rotatable bonds is 1. The lowest BCUT2D eigenvalue weighted by molar-refractivity contribution is -0.216. The summed E-state index contributed by atoms with van der Waals surface area (Å²) in [5.41, 5.74) is -1.95. The lowest BCUT2D eigenvalue weighted by Crippen LogP contribution is -2.77. The number of fused-ring (bicyclic) bond motifs is 3. The molecule has 142 valence electrons. The molecule has 6 atom stereocenters. The number of nitrogens with zero attached hydrogens (tertiary/aromatic N) is 1. The maximum atomic E-state index is 13.1. The van der Waals surface area contributed by atoms with E-state index in [2.05, 4.69) is 28.4 Å². The SMILES string of the molecule is COC(=O)[C@]12C[C@]3(C=CCN4CC[C@@]5(c6ccccc6N[C@@]15O)[C@@H]43)[C@H](C)O2. The molecule has 1 aliphatic carbocycles. The van der Waals surface area contributed by atoms with Crippen molar-refractivity contribution in [1.29, 1.82) is 0 Å². The van der Waals surface area contributed by atoms with Crippen molar-refractivity contribution in [3.8, 4) is 0 Å². The van der Waals surface area contributed by atoms with Gasteiger partial charge in [-0.05, 0) is 31.5 Å². The van der Waals surface area contributed by atoms with Gasteiger partial charge in [-0.25, -0.2) is 4.79 Å². The van der Waals surface area contributed by atoms with Gasteiger partial charge in [0.15, 0.2) is 5.72 Å². The first-order valence-corrected chi connectivity index (χ1v) is 9.73. The molecule has 4 heterocycles. The molecular formula is C21H24N2O4. The topological polar surface area (TPSA) is 71.0 Å². The lowest BCUT2D eigenvalue weighted by Gasteiger charge is -2.59. The van der Waals surface area contributed by atoms with Gasteiger partial charge in [0.2, 0.25) is 5.60 Å². The molecule has 27 heavy (non-hydrogen) atoms. The molecule has 2 saturated heterocycles. The number of para-hydroxylation sites is 1. The predicted molar refractivity (Wildman–Crippen MR) is 98.2 cm³/mol. The monoisotopic (exact) mass is 368 g/mol. The van der Waals surface area contributed by atoms with Crippen LogP contribution in [-0.4, -0.2) is 59.6 Å². The molecule has 2 spiro atoms. The van der Waals surface area contributed by atoms with E-state index in [0.717, 1.165) is 30.8 Å². The van der Waals surface area contributed by atoms with E-state index in [1.807, 2.05) is 25.1 Å². The summed E-state index contributed by atoms with van der Waals surface area (Å²) < 4.78 is 11.6. The average molecular weight is 368 g/mol. The quantitative estimate of drug-likeness (QED) is 0.577.